The molecule has 1 aromatic rings. The number of benzene rings is 1. The first-order chi connectivity index (χ1) is 8.07. The van der Waals surface area contributed by atoms with Crippen molar-refractivity contribution in [2.45, 2.75) is 31.7 Å². The lowest BCUT2D eigenvalue weighted by Crippen LogP contribution is -2.52. The molecule has 2 N–H and O–H groups in total. The SMILES string of the molecule is Cc1ccc(C#N)c(NC2(C(=O)O)CCC2)c1. The molecular weight excluding hydrogens is 216 g/mol. The maximum atomic E-state index is 11.2. The van der Waals surface area contributed by atoms with Crippen molar-refractivity contribution in [2.24, 2.45) is 0 Å². The minimum atomic E-state index is -0.876. The molecule has 1 aromatic carbocycles. The fourth-order valence-electron chi connectivity index (χ4n) is 2.04. The number of hydrogen-bond acceptors (Lipinski definition) is 3. The molecule has 17 heavy (non-hydrogen) atoms. The number of aryl methyl sites for hydroxylation is 1. The molecule has 0 atom stereocenters. The second-order valence-electron chi connectivity index (χ2n) is 4.53. The quantitative estimate of drug-likeness (QED) is 0.835. The molecule has 0 aromatic heterocycles. The predicted octanol–water partition coefficient (Wildman–Crippen LogP) is 2.29. The molecule has 1 aliphatic carbocycles. The van der Waals surface area contributed by atoms with Gasteiger partial charge in [0, 0.05) is 0 Å². The highest BCUT2D eigenvalue weighted by molar-refractivity contribution is 5.84. The Bertz CT molecular complexity index is 499. The van der Waals surface area contributed by atoms with E-state index in [2.05, 4.69) is 11.4 Å². The number of aliphatic carboxylic acids is 1. The van der Waals surface area contributed by atoms with Crippen LogP contribution in [0.15, 0.2) is 18.2 Å². The molecule has 88 valence electrons. The Kier molecular flexibility index (Phi) is 2.76. The topological polar surface area (TPSA) is 73.1 Å². The van der Waals surface area contributed by atoms with E-state index in [-0.39, 0.29) is 0 Å². The minimum Gasteiger partial charge on any atom is -0.480 e. The highest BCUT2D eigenvalue weighted by Crippen LogP contribution is 2.36. The van der Waals surface area contributed by atoms with E-state index in [1.807, 2.05) is 19.1 Å². The zero-order valence-electron chi connectivity index (χ0n) is 9.66. The van der Waals surface area contributed by atoms with Crippen LogP contribution in [0.25, 0.3) is 0 Å². The van der Waals surface area contributed by atoms with Gasteiger partial charge in [0.15, 0.2) is 0 Å². The van der Waals surface area contributed by atoms with Crippen molar-refractivity contribution >= 4 is 11.7 Å². The molecule has 4 nitrogen and oxygen atoms in total. The number of carbonyl (C=O) groups is 1. The minimum absolute atomic E-state index is 0.489. The molecule has 0 amide bonds. The van der Waals surface area contributed by atoms with Crippen molar-refractivity contribution in [1.82, 2.24) is 0 Å². The smallest absolute Gasteiger partial charge is 0.329 e. The molecule has 0 spiro atoms. The van der Waals surface area contributed by atoms with Crippen LogP contribution in [-0.4, -0.2) is 16.6 Å². The van der Waals surface area contributed by atoms with E-state index in [1.165, 1.54) is 0 Å². The van der Waals surface area contributed by atoms with Gasteiger partial charge in [0.05, 0.1) is 11.3 Å². The Morgan fingerprint density at radius 1 is 1.53 bits per heavy atom. The molecule has 1 aliphatic rings. The zero-order chi connectivity index (χ0) is 12.5. The summed E-state index contributed by atoms with van der Waals surface area (Å²) in [7, 11) is 0. The van der Waals surface area contributed by atoms with Gasteiger partial charge in [-0.05, 0) is 43.9 Å². The largest absolute Gasteiger partial charge is 0.480 e. The summed E-state index contributed by atoms with van der Waals surface area (Å²) in [5, 5.41) is 21.3. The van der Waals surface area contributed by atoms with Crippen LogP contribution in [0, 0.1) is 18.3 Å². The molecule has 4 heteroatoms. The number of nitrogens with zero attached hydrogens (tertiary/aromatic N) is 1. The van der Waals surface area contributed by atoms with Crippen LogP contribution in [0.1, 0.15) is 30.4 Å². The van der Waals surface area contributed by atoms with Gasteiger partial charge in [-0.2, -0.15) is 5.26 Å². The molecule has 0 heterocycles. The highest BCUT2D eigenvalue weighted by atomic mass is 16.4. The average molecular weight is 230 g/mol. The van der Waals surface area contributed by atoms with Crippen molar-refractivity contribution < 1.29 is 9.90 Å². The third kappa shape index (κ3) is 1.96. The molecule has 0 saturated heterocycles. The van der Waals surface area contributed by atoms with E-state index >= 15 is 0 Å². The lowest BCUT2D eigenvalue weighted by atomic mass is 9.76. The third-order valence-corrected chi connectivity index (χ3v) is 3.29. The number of anilines is 1. The van der Waals surface area contributed by atoms with E-state index < -0.39 is 11.5 Å². The van der Waals surface area contributed by atoms with Crippen LogP contribution in [0.3, 0.4) is 0 Å². The summed E-state index contributed by atoms with van der Waals surface area (Å²) < 4.78 is 0. The van der Waals surface area contributed by atoms with Gasteiger partial charge in [-0.25, -0.2) is 4.79 Å². The summed E-state index contributed by atoms with van der Waals surface area (Å²) >= 11 is 0. The molecule has 0 unspecified atom stereocenters. The normalized spacial score (nSPS) is 16.7. The summed E-state index contributed by atoms with van der Waals surface area (Å²) in [6, 6.07) is 7.46. The van der Waals surface area contributed by atoms with Gasteiger partial charge < -0.3 is 10.4 Å². The van der Waals surface area contributed by atoms with E-state index in [0.29, 0.717) is 24.1 Å². The monoisotopic (exact) mass is 230 g/mol. The van der Waals surface area contributed by atoms with Crippen LogP contribution in [0.4, 0.5) is 5.69 Å². The first-order valence-electron chi connectivity index (χ1n) is 5.60. The van der Waals surface area contributed by atoms with Crippen molar-refractivity contribution in [3.8, 4) is 6.07 Å². The summed E-state index contributed by atoms with van der Waals surface area (Å²) in [5.41, 5.74) is 1.24. The van der Waals surface area contributed by atoms with Gasteiger partial charge in [-0.1, -0.05) is 6.07 Å². The molecule has 1 fully saturated rings. The van der Waals surface area contributed by atoms with Gasteiger partial charge in [-0.15, -0.1) is 0 Å². The molecular formula is C13H14N2O2. The second-order valence-corrected chi connectivity index (χ2v) is 4.53. The average Bonchev–Trinajstić information content (AvgIpc) is 2.23. The standard InChI is InChI=1S/C13H14N2O2/c1-9-3-4-10(8-14)11(7-9)15-13(12(16)17)5-2-6-13/h3-4,7,15H,2,5-6H2,1H3,(H,16,17). The summed E-state index contributed by atoms with van der Waals surface area (Å²) in [6.07, 6.45) is 2.13. The number of hydrogen-bond donors (Lipinski definition) is 2. The maximum absolute atomic E-state index is 11.2. The van der Waals surface area contributed by atoms with Crippen molar-refractivity contribution in [3.05, 3.63) is 29.3 Å². The number of carboxylic acids is 1. The highest BCUT2D eigenvalue weighted by Gasteiger charge is 2.44. The summed E-state index contributed by atoms with van der Waals surface area (Å²) in [6.45, 7) is 1.92. The van der Waals surface area contributed by atoms with Crippen LogP contribution in [0.5, 0.6) is 0 Å². The van der Waals surface area contributed by atoms with E-state index in [9.17, 15) is 9.90 Å². The lowest BCUT2D eigenvalue weighted by molar-refractivity contribution is -0.145. The van der Waals surface area contributed by atoms with Crippen LogP contribution >= 0.6 is 0 Å². The van der Waals surface area contributed by atoms with E-state index in [4.69, 9.17) is 5.26 Å². The first-order valence-corrected chi connectivity index (χ1v) is 5.60. The van der Waals surface area contributed by atoms with Gasteiger partial charge in [0.2, 0.25) is 0 Å². The Morgan fingerprint density at radius 3 is 2.71 bits per heavy atom. The number of carboxylic acid groups (broad SMARTS) is 1. The first kappa shape index (κ1) is 11.5. The van der Waals surface area contributed by atoms with Crippen LogP contribution in [-0.2, 0) is 4.79 Å². The van der Waals surface area contributed by atoms with Gasteiger partial charge in [0.25, 0.3) is 0 Å². The lowest BCUT2D eigenvalue weighted by Gasteiger charge is -2.39. The fraction of sp³-hybridized carbons (Fsp3) is 0.385. The number of nitriles is 1. The van der Waals surface area contributed by atoms with Gasteiger partial charge >= 0.3 is 5.97 Å². The van der Waals surface area contributed by atoms with E-state index in [1.54, 1.807) is 6.07 Å². The van der Waals surface area contributed by atoms with Gasteiger partial charge in [0.1, 0.15) is 11.6 Å². The molecule has 2 rings (SSSR count). The summed E-state index contributed by atoms with van der Waals surface area (Å²) in [5.74, 6) is -0.839. The molecule has 0 aliphatic heterocycles. The third-order valence-electron chi connectivity index (χ3n) is 3.29. The van der Waals surface area contributed by atoms with Crippen molar-refractivity contribution in [1.29, 1.82) is 5.26 Å². The predicted molar refractivity (Wildman–Crippen MR) is 63.7 cm³/mol. The maximum Gasteiger partial charge on any atom is 0.329 e. The molecule has 0 bridgehead atoms. The van der Waals surface area contributed by atoms with Gasteiger partial charge in [-0.3, -0.25) is 0 Å². The Labute approximate surface area is 99.9 Å². The fourth-order valence-corrected chi connectivity index (χ4v) is 2.04. The zero-order valence-corrected chi connectivity index (χ0v) is 9.66. The number of rotatable bonds is 3. The van der Waals surface area contributed by atoms with E-state index in [0.717, 1.165) is 12.0 Å². The van der Waals surface area contributed by atoms with Crippen LogP contribution < -0.4 is 5.32 Å². The Hall–Kier alpha value is -2.02. The molecule has 1 saturated carbocycles. The Morgan fingerprint density at radius 2 is 2.24 bits per heavy atom. The number of nitrogens with one attached hydrogen (secondary N) is 1. The Balaban J connectivity index is 2.32. The molecule has 0 radical (unpaired) electrons. The van der Waals surface area contributed by atoms with Crippen LogP contribution in [0.2, 0.25) is 0 Å². The summed E-state index contributed by atoms with van der Waals surface area (Å²) in [4.78, 5) is 11.2. The second kappa shape index (κ2) is 4.10. The van der Waals surface area contributed by atoms with Crippen molar-refractivity contribution in [2.75, 3.05) is 5.32 Å². The van der Waals surface area contributed by atoms with Crippen molar-refractivity contribution in [3.63, 3.8) is 0 Å².